The highest BCUT2D eigenvalue weighted by atomic mass is 16.5. The molecule has 2 aromatic rings. The number of nitrogen functional groups attached to an aromatic ring is 1. The van der Waals surface area contributed by atoms with Crippen molar-refractivity contribution in [1.82, 2.24) is 10.1 Å². The number of likely N-dealkylation sites (tertiary alicyclic amines) is 1. The van der Waals surface area contributed by atoms with Gasteiger partial charge in [-0.2, -0.15) is 0 Å². The average Bonchev–Trinajstić information content (AvgIpc) is 3.06. The fourth-order valence-electron chi connectivity index (χ4n) is 2.91. The summed E-state index contributed by atoms with van der Waals surface area (Å²) in [4.78, 5) is 14.2. The SMILES string of the molecule is COc1cccc(/C=C/C(=O)N2CCC(c3cc(N)on3)CC2)c1. The molecular weight excluding hydrogens is 306 g/mol. The molecule has 2 N–H and O–H groups in total. The topological polar surface area (TPSA) is 81.6 Å². The van der Waals surface area contributed by atoms with E-state index < -0.39 is 0 Å². The van der Waals surface area contributed by atoms with Crippen LogP contribution in [0.15, 0.2) is 40.9 Å². The van der Waals surface area contributed by atoms with E-state index in [-0.39, 0.29) is 5.91 Å². The maximum absolute atomic E-state index is 12.3. The van der Waals surface area contributed by atoms with Crippen molar-refractivity contribution in [1.29, 1.82) is 0 Å². The highest BCUT2D eigenvalue weighted by Gasteiger charge is 2.24. The Morgan fingerprint density at radius 3 is 2.83 bits per heavy atom. The van der Waals surface area contributed by atoms with Crippen LogP contribution in [0.3, 0.4) is 0 Å². The summed E-state index contributed by atoms with van der Waals surface area (Å²) in [5.41, 5.74) is 7.39. The Hall–Kier alpha value is -2.76. The molecule has 6 nitrogen and oxygen atoms in total. The molecule has 0 aliphatic carbocycles. The number of piperidine rings is 1. The zero-order chi connectivity index (χ0) is 16.9. The molecular formula is C18H21N3O3. The van der Waals surface area contributed by atoms with Crippen molar-refractivity contribution in [3.05, 3.63) is 47.7 Å². The largest absolute Gasteiger partial charge is 0.497 e. The molecule has 3 rings (SSSR count). The second-order valence-electron chi connectivity index (χ2n) is 5.86. The van der Waals surface area contributed by atoms with Crippen LogP contribution in [0.1, 0.15) is 30.0 Å². The summed E-state index contributed by atoms with van der Waals surface area (Å²) in [7, 11) is 1.63. The monoisotopic (exact) mass is 327 g/mol. The lowest BCUT2D eigenvalue weighted by atomic mass is 9.93. The third kappa shape index (κ3) is 3.76. The lowest BCUT2D eigenvalue weighted by Crippen LogP contribution is -2.36. The van der Waals surface area contributed by atoms with Crippen LogP contribution in [-0.2, 0) is 4.79 Å². The Kier molecular flexibility index (Phi) is 4.84. The number of nitrogens with zero attached hydrogens (tertiary/aromatic N) is 2. The Morgan fingerprint density at radius 2 is 2.17 bits per heavy atom. The van der Waals surface area contributed by atoms with E-state index in [4.69, 9.17) is 15.0 Å². The van der Waals surface area contributed by atoms with E-state index in [0.29, 0.717) is 24.9 Å². The van der Waals surface area contributed by atoms with E-state index in [1.807, 2.05) is 35.2 Å². The first kappa shape index (κ1) is 16.1. The van der Waals surface area contributed by atoms with Gasteiger partial charge < -0.3 is 19.9 Å². The molecule has 0 spiro atoms. The quantitative estimate of drug-likeness (QED) is 0.873. The van der Waals surface area contributed by atoms with Crippen LogP contribution in [0.4, 0.5) is 5.88 Å². The minimum absolute atomic E-state index is 0.0240. The van der Waals surface area contributed by atoms with Crippen molar-refractivity contribution in [2.24, 2.45) is 0 Å². The van der Waals surface area contributed by atoms with Gasteiger partial charge in [0, 0.05) is 31.1 Å². The third-order valence-electron chi connectivity index (χ3n) is 4.28. The molecule has 1 aliphatic heterocycles. The van der Waals surface area contributed by atoms with Gasteiger partial charge in [0.25, 0.3) is 0 Å². The van der Waals surface area contributed by atoms with Crippen molar-refractivity contribution in [3.63, 3.8) is 0 Å². The van der Waals surface area contributed by atoms with Gasteiger partial charge in [-0.25, -0.2) is 0 Å². The third-order valence-corrected chi connectivity index (χ3v) is 4.28. The van der Waals surface area contributed by atoms with Crippen molar-refractivity contribution >= 4 is 17.9 Å². The number of nitrogens with two attached hydrogens (primary N) is 1. The zero-order valence-corrected chi connectivity index (χ0v) is 13.6. The Balaban J connectivity index is 1.56. The molecule has 1 amide bonds. The first-order valence-corrected chi connectivity index (χ1v) is 7.99. The molecule has 0 bridgehead atoms. The van der Waals surface area contributed by atoms with Gasteiger partial charge in [-0.3, -0.25) is 4.79 Å². The van der Waals surface area contributed by atoms with Crippen molar-refractivity contribution in [3.8, 4) is 5.75 Å². The number of rotatable bonds is 4. The lowest BCUT2D eigenvalue weighted by Gasteiger charge is -2.30. The van der Waals surface area contributed by atoms with Gasteiger partial charge in [-0.15, -0.1) is 0 Å². The highest BCUT2D eigenvalue weighted by molar-refractivity contribution is 5.91. The number of methoxy groups -OCH3 is 1. The molecule has 0 unspecified atom stereocenters. The second kappa shape index (κ2) is 7.21. The molecule has 1 aromatic carbocycles. The van der Waals surface area contributed by atoms with Gasteiger partial charge in [0.05, 0.1) is 12.8 Å². The Bertz CT molecular complexity index is 731. The second-order valence-corrected chi connectivity index (χ2v) is 5.86. The Morgan fingerprint density at radius 1 is 1.38 bits per heavy atom. The normalized spacial score (nSPS) is 15.8. The number of aromatic nitrogens is 1. The summed E-state index contributed by atoms with van der Waals surface area (Å²) in [6, 6.07) is 9.38. The molecule has 1 aliphatic rings. The summed E-state index contributed by atoms with van der Waals surface area (Å²) in [5.74, 6) is 1.44. The summed E-state index contributed by atoms with van der Waals surface area (Å²) >= 11 is 0. The molecule has 0 saturated carbocycles. The summed E-state index contributed by atoms with van der Waals surface area (Å²) in [6.45, 7) is 1.41. The number of ether oxygens (including phenoxy) is 1. The number of anilines is 1. The van der Waals surface area contributed by atoms with Crippen LogP contribution in [0.25, 0.3) is 6.08 Å². The molecule has 24 heavy (non-hydrogen) atoms. The number of amides is 1. The minimum Gasteiger partial charge on any atom is -0.497 e. The summed E-state index contributed by atoms with van der Waals surface area (Å²) in [5, 5.41) is 3.97. The van der Waals surface area contributed by atoms with Crippen LogP contribution in [0.2, 0.25) is 0 Å². The highest BCUT2D eigenvalue weighted by Crippen LogP contribution is 2.28. The molecule has 0 radical (unpaired) electrons. The first-order valence-electron chi connectivity index (χ1n) is 7.99. The van der Waals surface area contributed by atoms with E-state index in [1.165, 1.54) is 0 Å². The number of carbonyl (C=O) groups is 1. The first-order chi connectivity index (χ1) is 11.7. The van der Waals surface area contributed by atoms with E-state index in [9.17, 15) is 4.79 Å². The number of benzene rings is 1. The standard InChI is InChI=1S/C18H21N3O3/c1-23-15-4-2-3-13(11-15)5-6-18(22)21-9-7-14(8-10-21)16-12-17(19)24-20-16/h2-6,11-12,14H,7-10,19H2,1H3/b6-5+. The maximum atomic E-state index is 12.3. The molecule has 1 fully saturated rings. The average molecular weight is 327 g/mol. The molecule has 2 heterocycles. The molecule has 6 heteroatoms. The van der Waals surface area contributed by atoms with Crippen molar-refractivity contribution in [2.75, 3.05) is 25.9 Å². The number of carbonyl (C=O) groups excluding carboxylic acids is 1. The fourth-order valence-corrected chi connectivity index (χ4v) is 2.91. The molecule has 1 aromatic heterocycles. The van der Waals surface area contributed by atoms with E-state index in [0.717, 1.165) is 29.8 Å². The van der Waals surface area contributed by atoms with Crippen molar-refractivity contribution < 1.29 is 14.1 Å². The zero-order valence-electron chi connectivity index (χ0n) is 13.6. The van der Waals surface area contributed by atoms with E-state index >= 15 is 0 Å². The van der Waals surface area contributed by atoms with Crippen LogP contribution in [0.5, 0.6) is 5.75 Å². The smallest absolute Gasteiger partial charge is 0.246 e. The molecule has 1 saturated heterocycles. The maximum Gasteiger partial charge on any atom is 0.246 e. The summed E-state index contributed by atoms with van der Waals surface area (Å²) in [6.07, 6.45) is 5.16. The van der Waals surface area contributed by atoms with Crippen LogP contribution in [-0.4, -0.2) is 36.2 Å². The predicted octanol–water partition coefficient (Wildman–Crippen LogP) is 2.68. The van der Waals surface area contributed by atoms with Gasteiger partial charge in [0.1, 0.15) is 5.75 Å². The number of hydrogen-bond acceptors (Lipinski definition) is 5. The van der Waals surface area contributed by atoms with Crippen LogP contribution < -0.4 is 10.5 Å². The molecule has 126 valence electrons. The lowest BCUT2D eigenvalue weighted by molar-refractivity contribution is -0.126. The molecule has 0 atom stereocenters. The minimum atomic E-state index is 0.0240. The van der Waals surface area contributed by atoms with Gasteiger partial charge in [0.15, 0.2) is 0 Å². The van der Waals surface area contributed by atoms with Crippen LogP contribution >= 0.6 is 0 Å². The van der Waals surface area contributed by atoms with Crippen LogP contribution in [0, 0.1) is 0 Å². The number of hydrogen-bond donors (Lipinski definition) is 1. The van der Waals surface area contributed by atoms with Gasteiger partial charge >= 0.3 is 0 Å². The predicted molar refractivity (Wildman–Crippen MR) is 91.5 cm³/mol. The Labute approximate surface area is 140 Å². The van der Waals surface area contributed by atoms with Gasteiger partial charge in [0.2, 0.25) is 11.8 Å². The summed E-state index contributed by atoms with van der Waals surface area (Å²) < 4.78 is 10.1. The van der Waals surface area contributed by atoms with Crippen molar-refractivity contribution in [2.45, 2.75) is 18.8 Å². The van der Waals surface area contributed by atoms with Gasteiger partial charge in [-0.1, -0.05) is 17.3 Å². The van der Waals surface area contributed by atoms with E-state index in [1.54, 1.807) is 19.3 Å². The van der Waals surface area contributed by atoms with E-state index in [2.05, 4.69) is 5.16 Å². The fraction of sp³-hybridized carbons (Fsp3) is 0.333. The van der Waals surface area contributed by atoms with Gasteiger partial charge in [-0.05, 0) is 36.6 Å².